The second-order valence-electron chi connectivity index (χ2n) is 1.40. The second kappa shape index (κ2) is 5.54. The summed E-state index contributed by atoms with van der Waals surface area (Å²) in [6.07, 6.45) is 6.26. The molecule has 0 rings (SSSR count). The van der Waals surface area contributed by atoms with Gasteiger partial charge in [0.25, 0.3) is 0 Å². The molecule has 0 atom stereocenters. The minimum absolute atomic E-state index is 0.977. The zero-order valence-corrected chi connectivity index (χ0v) is 4.48. The Kier molecular flexibility index (Phi) is 5.18. The molecule has 0 bridgehead atoms. The number of hydrogen-bond acceptors (Lipinski definition) is 0. The SMILES string of the molecule is [CH2]CCCC=C[NH]. The van der Waals surface area contributed by atoms with E-state index in [0.717, 1.165) is 19.3 Å². The molecule has 0 saturated heterocycles. The van der Waals surface area contributed by atoms with Gasteiger partial charge in [0, 0.05) is 6.20 Å². The lowest BCUT2D eigenvalue weighted by Crippen LogP contribution is -1.65. The van der Waals surface area contributed by atoms with Gasteiger partial charge >= 0.3 is 0 Å². The Bertz CT molecular complexity index is 48.1. The topological polar surface area (TPSA) is 23.8 Å². The summed E-state index contributed by atoms with van der Waals surface area (Å²) in [5, 5.41) is 0. The summed E-state index contributed by atoms with van der Waals surface area (Å²) in [7, 11) is 0. The quantitative estimate of drug-likeness (QED) is 0.479. The normalized spacial score (nSPS) is 10.4. The van der Waals surface area contributed by atoms with Crippen LogP contribution in [-0.2, 0) is 0 Å². The lowest BCUT2D eigenvalue weighted by Gasteiger charge is -1.83. The Morgan fingerprint density at radius 2 is 2.29 bits per heavy atom. The van der Waals surface area contributed by atoms with Crippen LogP contribution in [0.2, 0.25) is 0 Å². The van der Waals surface area contributed by atoms with E-state index in [2.05, 4.69) is 6.92 Å². The molecule has 1 N–H and O–H groups in total. The molecule has 0 aromatic carbocycles. The Hall–Kier alpha value is -0.460. The number of hydrogen-bond donors (Lipinski definition) is 0. The van der Waals surface area contributed by atoms with Crippen LogP contribution in [-0.4, -0.2) is 0 Å². The fourth-order valence-electron chi connectivity index (χ4n) is 0.346. The minimum atomic E-state index is 0.977. The van der Waals surface area contributed by atoms with Gasteiger partial charge in [-0.1, -0.05) is 19.4 Å². The zero-order valence-electron chi connectivity index (χ0n) is 4.48. The Labute approximate surface area is 45.2 Å². The average molecular weight is 97.2 g/mol. The molecule has 0 aromatic heterocycles. The van der Waals surface area contributed by atoms with Crippen LogP contribution in [0.15, 0.2) is 12.3 Å². The van der Waals surface area contributed by atoms with Crippen molar-refractivity contribution in [3.05, 3.63) is 19.2 Å². The molecule has 0 spiro atoms. The molecule has 0 aromatic rings. The van der Waals surface area contributed by atoms with Gasteiger partial charge in [0.2, 0.25) is 0 Å². The van der Waals surface area contributed by atoms with Crippen LogP contribution >= 0.6 is 0 Å². The van der Waals surface area contributed by atoms with Crippen molar-refractivity contribution in [2.24, 2.45) is 0 Å². The summed E-state index contributed by atoms with van der Waals surface area (Å²) in [6, 6.07) is 0. The molecule has 0 amide bonds. The maximum atomic E-state index is 6.58. The Morgan fingerprint density at radius 1 is 1.57 bits per heavy atom. The van der Waals surface area contributed by atoms with Crippen LogP contribution in [0, 0.1) is 6.92 Å². The van der Waals surface area contributed by atoms with Crippen LogP contribution in [0.25, 0.3) is 0 Å². The molecule has 0 heterocycles. The van der Waals surface area contributed by atoms with Crippen LogP contribution in [0.1, 0.15) is 19.3 Å². The molecule has 0 unspecified atom stereocenters. The Balaban J connectivity index is 2.69. The highest BCUT2D eigenvalue weighted by atomic mass is 14.5. The van der Waals surface area contributed by atoms with Crippen molar-refractivity contribution in [1.29, 1.82) is 0 Å². The molecule has 0 aliphatic heterocycles. The van der Waals surface area contributed by atoms with Crippen molar-refractivity contribution >= 4 is 0 Å². The van der Waals surface area contributed by atoms with E-state index >= 15 is 0 Å². The molecule has 1 nitrogen and oxygen atoms in total. The molecule has 1 heteroatoms. The summed E-state index contributed by atoms with van der Waals surface area (Å²) < 4.78 is 0. The molecular formula is C6H11N. The third-order valence-electron chi connectivity index (χ3n) is 0.739. The summed E-state index contributed by atoms with van der Waals surface area (Å²) in [5.74, 6) is 0. The van der Waals surface area contributed by atoms with E-state index in [1.165, 1.54) is 6.20 Å². The van der Waals surface area contributed by atoms with E-state index in [0.29, 0.717) is 0 Å². The van der Waals surface area contributed by atoms with Gasteiger partial charge in [-0.2, -0.15) is 0 Å². The zero-order chi connectivity index (χ0) is 5.54. The van der Waals surface area contributed by atoms with Gasteiger partial charge in [-0.25, -0.2) is 0 Å². The van der Waals surface area contributed by atoms with Gasteiger partial charge in [0.1, 0.15) is 0 Å². The largest absolute Gasteiger partial charge is 0.309 e. The molecule has 0 aliphatic rings. The number of rotatable bonds is 3. The van der Waals surface area contributed by atoms with E-state index in [4.69, 9.17) is 5.73 Å². The van der Waals surface area contributed by atoms with Gasteiger partial charge in [0.15, 0.2) is 0 Å². The third-order valence-corrected chi connectivity index (χ3v) is 0.739. The first kappa shape index (κ1) is 6.54. The van der Waals surface area contributed by atoms with E-state index in [1.807, 2.05) is 6.08 Å². The van der Waals surface area contributed by atoms with Crippen LogP contribution < -0.4 is 5.73 Å². The Morgan fingerprint density at radius 3 is 2.71 bits per heavy atom. The van der Waals surface area contributed by atoms with Crippen molar-refractivity contribution in [3.63, 3.8) is 0 Å². The predicted molar refractivity (Wildman–Crippen MR) is 31.4 cm³/mol. The van der Waals surface area contributed by atoms with Crippen LogP contribution in [0.4, 0.5) is 0 Å². The van der Waals surface area contributed by atoms with E-state index in [1.54, 1.807) is 0 Å². The molecule has 40 valence electrons. The highest BCUT2D eigenvalue weighted by Gasteiger charge is 1.73. The second-order valence-corrected chi connectivity index (χ2v) is 1.40. The highest BCUT2D eigenvalue weighted by Crippen LogP contribution is 1.92. The molecule has 2 radical (unpaired) electrons. The fourth-order valence-corrected chi connectivity index (χ4v) is 0.346. The molecule has 7 heavy (non-hydrogen) atoms. The number of allylic oxidation sites excluding steroid dienone is 1. The lowest BCUT2D eigenvalue weighted by molar-refractivity contribution is 0.864. The summed E-state index contributed by atoms with van der Waals surface area (Å²) in [5.41, 5.74) is 6.58. The first-order valence-electron chi connectivity index (χ1n) is 2.53. The van der Waals surface area contributed by atoms with Crippen molar-refractivity contribution in [2.75, 3.05) is 0 Å². The van der Waals surface area contributed by atoms with Crippen molar-refractivity contribution in [3.8, 4) is 0 Å². The van der Waals surface area contributed by atoms with E-state index in [9.17, 15) is 0 Å². The van der Waals surface area contributed by atoms with Crippen molar-refractivity contribution < 1.29 is 0 Å². The standard InChI is InChI=1S/C6H11N/c1-2-3-4-5-6-7/h5-7H,1-4H2. The van der Waals surface area contributed by atoms with Gasteiger partial charge in [-0.3, -0.25) is 0 Å². The summed E-state index contributed by atoms with van der Waals surface area (Å²) in [6.45, 7) is 3.66. The number of unbranched alkanes of at least 4 members (excludes halogenated alkanes) is 2. The molecular weight excluding hydrogens is 86.1 g/mol. The van der Waals surface area contributed by atoms with E-state index < -0.39 is 0 Å². The molecule has 0 saturated carbocycles. The molecule has 0 fully saturated rings. The maximum absolute atomic E-state index is 6.58. The van der Waals surface area contributed by atoms with Crippen LogP contribution in [0.3, 0.4) is 0 Å². The number of nitrogens with one attached hydrogen (secondary N) is 1. The molecule has 0 aliphatic carbocycles. The monoisotopic (exact) mass is 97.1 g/mol. The van der Waals surface area contributed by atoms with Crippen molar-refractivity contribution in [2.45, 2.75) is 19.3 Å². The van der Waals surface area contributed by atoms with E-state index in [-0.39, 0.29) is 0 Å². The highest BCUT2D eigenvalue weighted by molar-refractivity contribution is 4.74. The first-order chi connectivity index (χ1) is 3.41. The average Bonchev–Trinajstić information content (AvgIpc) is 1.69. The predicted octanol–water partition coefficient (Wildman–Crippen LogP) is 1.79. The van der Waals surface area contributed by atoms with Gasteiger partial charge in [0.05, 0.1) is 0 Å². The van der Waals surface area contributed by atoms with Gasteiger partial charge in [-0.05, 0) is 12.8 Å². The first-order valence-corrected chi connectivity index (χ1v) is 2.53. The van der Waals surface area contributed by atoms with Crippen molar-refractivity contribution in [1.82, 2.24) is 5.73 Å². The van der Waals surface area contributed by atoms with Gasteiger partial charge < -0.3 is 5.73 Å². The summed E-state index contributed by atoms with van der Waals surface area (Å²) in [4.78, 5) is 0. The smallest absolute Gasteiger partial charge is 0.0137 e. The van der Waals surface area contributed by atoms with Gasteiger partial charge in [-0.15, -0.1) is 0 Å². The fraction of sp³-hybridized carbons (Fsp3) is 0.500. The third kappa shape index (κ3) is 5.54. The summed E-state index contributed by atoms with van der Waals surface area (Å²) >= 11 is 0. The van der Waals surface area contributed by atoms with Crippen LogP contribution in [0.5, 0.6) is 0 Å². The minimum Gasteiger partial charge on any atom is -0.309 e. The lowest BCUT2D eigenvalue weighted by atomic mass is 10.2. The maximum Gasteiger partial charge on any atom is 0.0137 e.